The molecule has 8 heteroatoms. The molecule has 3 aromatic rings. The molecular formula is C18H17F3N4O. The third-order valence-electron chi connectivity index (χ3n) is 5.97. The van der Waals surface area contributed by atoms with Crippen LogP contribution in [0, 0.1) is 5.41 Å². The van der Waals surface area contributed by atoms with Crippen molar-refractivity contribution in [3.05, 3.63) is 24.8 Å². The first-order chi connectivity index (χ1) is 12.3. The number of H-pyrrole nitrogens is 1. The Bertz CT molecular complexity index is 1010. The number of imidazole rings is 1. The molecule has 3 saturated carbocycles. The fourth-order valence-electron chi connectivity index (χ4n) is 5.04. The number of ketones is 1. The molecule has 5 nitrogen and oxygen atoms in total. The third kappa shape index (κ3) is 2.20. The number of nitrogens with zero attached hydrogens (tertiary/aromatic N) is 3. The highest BCUT2D eigenvalue weighted by atomic mass is 19.4. The summed E-state index contributed by atoms with van der Waals surface area (Å²) in [5.74, 6) is -0.275. The van der Waals surface area contributed by atoms with E-state index in [0.29, 0.717) is 0 Å². The van der Waals surface area contributed by atoms with Gasteiger partial charge in [-0.2, -0.15) is 13.2 Å². The third-order valence-corrected chi connectivity index (χ3v) is 5.97. The zero-order valence-electron chi connectivity index (χ0n) is 13.9. The quantitative estimate of drug-likeness (QED) is 0.743. The highest BCUT2D eigenvalue weighted by Gasteiger charge is 2.69. The number of rotatable bonds is 5. The second kappa shape index (κ2) is 4.86. The van der Waals surface area contributed by atoms with Crippen LogP contribution in [0.3, 0.4) is 0 Å². The van der Waals surface area contributed by atoms with E-state index in [1.165, 1.54) is 0 Å². The number of carbonyl (C=O) groups is 1. The Morgan fingerprint density at radius 1 is 1.27 bits per heavy atom. The maximum absolute atomic E-state index is 12.3. The largest absolute Gasteiger partial charge is 0.389 e. The average Bonchev–Trinajstić information content (AvgIpc) is 3.12. The number of nitrogens with one attached hydrogen (secondary N) is 1. The molecule has 26 heavy (non-hydrogen) atoms. The zero-order valence-corrected chi connectivity index (χ0v) is 13.9. The molecule has 136 valence electrons. The molecule has 0 radical (unpaired) electrons. The van der Waals surface area contributed by atoms with Crippen LogP contribution in [0.4, 0.5) is 13.2 Å². The van der Waals surface area contributed by atoms with Crippen molar-refractivity contribution in [1.82, 2.24) is 19.5 Å². The van der Waals surface area contributed by atoms with Gasteiger partial charge in [0.15, 0.2) is 0 Å². The van der Waals surface area contributed by atoms with E-state index >= 15 is 0 Å². The number of hydrogen-bond donors (Lipinski definition) is 1. The highest BCUT2D eigenvalue weighted by Crippen LogP contribution is 2.73. The van der Waals surface area contributed by atoms with Crippen molar-refractivity contribution in [2.24, 2.45) is 5.41 Å². The van der Waals surface area contributed by atoms with Crippen LogP contribution in [0.2, 0.25) is 0 Å². The van der Waals surface area contributed by atoms with Gasteiger partial charge < -0.3 is 9.55 Å². The van der Waals surface area contributed by atoms with Gasteiger partial charge in [-0.05, 0) is 30.7 Å². The normalized spacial score (nSPS) is 27.5. The Labute approximate surface area is 146 Å². The van der Waals surface area contributed by atoms with Crippen LogP contribution >= 0.6 is 0 Å². The van der Waals surface area contributed by atoms with Gasteiger partial charge in [-0.15, -0.1) is 0 Å². The SMILES string of the molecule is O=C(CCC(F)(F)F)CC12CC(n3cnc4cnc5[nH]ccc5c43)(C1)C2. The number of pyridine rings is 1. The van der Waals surface area contributed by atoms with Crippen molar-refractivity contribution in [3.8, 4) is 0 Å². The first-order valence-corrected chi connectivity index (χ1v) is 8.67. The monoisotopic (exact) mass is 362 g/mol. The van der Waals surface area contributed by atoms with E-state index in [2.05, 4.69) is 19.5 Å². The molecule has 0 saturated heterocycles. The van der Waals surface area contributed by atoms with Gasteiger partial charge in [-0.3, -0.25) is 4.79 Å². The Morgan fingerprint density at radius 3 is 2.77 bits per heavy atom. The minimum atomic E-state index is -4.26. The molecular weight excluding hydrogens is 345 g/mol. The molecule has 0 aliphatic heterocycles. The van der Waals surface area contributed by atoms with E-state index in [4.69, 9.17) is 0 Å². The number of fused-ring (bicyclic) bond motifs is 3. The van der Waals surface area contributed by atoms with Gasteiger partial charge in [0, 0.05) is 30.0 Å². The number of aromatic amines is 1. The van der Waals surface area contributed by atoms with Crippen molar-refractivity contribution in [3.63, 3.8) is 0 Å². The molecule has 0 aromatic carbocycles. The predicted molar refractivity (Wildman–Crippen MR) is 88.6 cm³/mol. The summed E-state index contributed by atoms with van der Waals surface area (Å²) in [6.45, 7) is 0. The lowest BCUT2D eigenvalue weighted by Crippen LogP contribution is -2.67. The van der Waals surface area contributed by atoms with Crippen molar-refractivity contribution in [2.75, 3.05) is 0 Å². The number of aromatic nitrogens is 4. The second-order valence-electron chi connectivity index (χ2n) is 7.93. The van der Waals surface area contributed by atoms with Crippen LogP contribution in [-0.4, -0.2) is 31.5 Å². The fourth-order valence-corrected chi connectivity index (χ4v) is 5.04. The van der Waals surface area contributed by atoms with Gasteiger partial charge in [0.1, 0.15) is 16.9 Å². The molecule has 2 bridgehead atoms. The highest BCUT2D eigenvalue weighted by molar-refractivity contribution is 6.01. The summed E-state index contributed by atoms with van der Waals surface area (Å²) < 4.78 is 39.0. The van der Waals surface area contributed by atoms with Crippen LogP contribution in [-0.2, 0) is 10.3 Å². The Hall–Kier alpha value is -2.38. The van der Waals surface area contributed by atoms with Crippen molar-refractivity contribution in [2.45, 2.75) is 50.2 Å². The van der Waals surface area contributed by atoms with E-state index < -0.39 is 19.0 Å². The van der Waals surface area contributed by atoms with Gasteiger partial charge in [-0.1, -0.05) is 0 Å². The summed E-state index contributed by atoms with van der Waals surface area (Å²) >= 11 is 0. The fraction of sp³-hybridized carbons (Fsp3) is 0.500. The van der Waals surface area contributed by atoms with Crippen molar-refractivity contribution >= 4 is 27.9 Å². The van der Waals surface area contributed by atoms with E-state index in [1.54, 1.807) is 6.20 Å². The molecule has 3 heterocycles. The lowest BCUT2D eigenvalue weighted by molar-refractivity contribution is -0.192. The molecule has 0 spiro atoms. The second-order valence-corrected chi connectivity index (χ2v) is 7.93. The number of carbonyl (C=O) groups excluding carboxylic acids is 1. The van der Waals surface area contributed by atoms with Gasteiger partial charge in [0.25, 0.3) is 0 Å². The Balaban J connectivity index is 1.34. The zero-order chi connectivity index (χ0) is 18.2. The molecule has 0 amide bonds. The lowest BCUT2D eigenvalue weighted by Gasteiger charge is -2.71. The maximum Gasteiger partial charge on any atom is 0.389 e. The lowest BCUT2D eigenvalue weighted by atomic mass is 9.38. The number of Topliss-reactive ketones (excluding diaryl/α,β-unsaturated/α-hetero) is 1. The Kier molecular flexibility index (Phi) is 2.96. The van der Waals surface area contributed by atoms with Crippen LogP contribution in [0.15, 0.2) is 24.8 Å². The van der Waals surface area contributed by atoms with Crippen LogP contribution in [0.1, 0.15) is 38.5 Å². The number of alkyl halides is 3. The van der Waals surface area contributed by atoms with Crippen LogP contribution in [0.5, 0.6) is 0 Å². The summed E-state index contributed by atoms with van der Waals surface area (Å²) in [4.78, 5) is 23.8. The molecule has 3 aliphatic rings. The summed E-state index contributed by atoms with van der Waals surface area (Å²) in [5, 5.41) is 1.01. The van der Waals surface area contributed by atoms with Crippen LogP contribution < -0.4 is 0 Å². The molecule has 6 rings (SSSR count). The van der Waals surface area contributed by atoms with Crippen molar-refractivity contribution < 1.29 is 18.0 Å². The molecule has 3 aliphatic carbocycles. The van der Waals surface area contributed by atoms with E-state index in [1.807, 2.05) is 18.6 Å². The molecule has 0 atom stereocenters. The van der Waals surface area contributed by atoms with E-state index in [-0.39, 0.29) is 23.2 Å². The smallest absolute Gasteiger partial charge is 0.346 e. The first-order valence-electron chi connectivity index (χ1n) is 8.67. The molecule has 3 fully saturated rings. The summed E-state index contributed by atoms with van der Waals surface area (Å²) in [7, 11) is 0. The summed E-state index contributed by atoms with van der Waals surface area (Å²) in [6.07, 6.45) is 2.49. The van der Waals surface area contributed by atoms with E-state index in [9.17, 15) is 18.0 Å². The molecule has 1 N–H and O–H groups in total. The summed E-state index contributed by atoms with van der Waals surface area (Å²) in [6, 6.07) is 1.98. The van der Waals surface area contributed by atoms with E-state index in [0.717, 1.165) is 41.3 Å². The number of hydrogen-bond acceptors (Lipinski definition) is 3. The minimum Gasteiger partial charge on any atom is -0.346 e. The first kappa shape index (κ1) is 15.8. The Morgan fingerprint density at radius 2 is 2.04 bits per heavy atom. The molecule has 0 unspecified atom stereocenters. The van der Waals surface area contributed by atoms with Gasteiger partial charge in [0.05, 0.1) is 24.5 Å². The topological polar surface area (TPSA) is 63.6 Å². The molecule has 3 aromatic heterocycles. The van der Waals surface area contributed by atoms with Crippen LogP contribution in [0.25, 0.3) is 22.1 Å². The predicted octanol–water partition coefficient (Wildman–Crippen LogP) is 4.09. The van der Waals surface area contributed by atoms with Gasteiger partial charge in [0.2, 0.25) is 0 Å². The van der Waals surface area contributed by atoms with Gasteiger partial charge in [-0.25, -0.2) is 9.97 Å². The average molecular weight is 362 g/mol. The standard InChI is InChI=1S/C18H17F3N4O/c19-18(20,21)3-1-11(26)5-16-7-17(8-16,9-16)25-10-24-13-6-23-15-12(14(13)25)2-4-22-15/h2,4,6,10H,1,3,5,7-9H2,(H,22,23). The van der Waals surface area contributed by atoms with Gasteiger partial charge >= 0.3 is 6.18 Å². The summed E-state index contributed by atoms with van der Waals surface area (Å²) in [5.41, 5.74) is 2.52. The maximum atomic E-state index is 12.3. The number of halogens is 3. The minimum absolute atomic E-state index is 0.0510. The van der Waals surface area contributed by atoms with Crippen molar-refractivity contribution in [1.29, 1.82) is 0 Å².